The lowest BCUT2D eigenvalue weighted by molar-refractivity contribution is -0.131. The van der Waals surface area contributed by atoms with Crippen molar-refractivity contribution in [1.29, 1.82) is 0 Å². The molecule has 0 bridgehead atoms. The Kier molecular flexibility index (Phi) is 5.19. The molecular formula is C22H25N5O. The van der Waals surface area contributed by atoms with Crippen LogP contribution in [0.2, 0.25) is 0 Å². The summed E-state index contributed by atoms with van der Waals surface area (Å²) in [4.78, 5) is 28.3. The number of nitrogens with zero attached hydrogens (tertiary/aromatic N) is 5. The molecule has 0 saturated carbocycles. The van der Waals surface area contributed by atoms with E-state index in [1.54, 1.807) is 12.4 Å². The van der Waals surface area contributed by atoms with E-state index in [1.807, 2.05) is 52.2 Å². The lowest BCUT2D eigenvalue weighted by Gasteiger charge is -2.25. The third kappa shape index (κ3) is 3.67. The first kappa shape index (κ1) is 18.3. The Labute approximate surface area is 165 Å². The number of imidazole rings is 1. The molecule has 1 fully saturated rings. The van der Waals surface area contributed by atoms with Gasteiger partial charge < -0.3 is 4.90 Å². The minimum absolute atomic E-state index is 0.0233. The smallest absolute Gasteiger partial charge is 0.227 e. The van der Waals surface area contributed by atoms with Crippen molar-refractivity contribution >= 4 is 5.91 Å². The molecule has 1 amide bonds. The Morgan fingerprint density at radius 3 is 2.89 bits per heavy atom. The van der Waals surface area contributed by atoms with Crippen molar-refractivity contribution in [3.05, 3.63) is 72.2 Å². The first-order valence-corrected chi connectivity index (χ1v) is 9.82. The highest BCUT2D eigenvalue weighted by Gasteiger charge is 2.31. The number of carbonyl (C=O) groups is 1. The van der Waals surface area contributed by atoms with E-state index >= 15 is 0 Å². The van der Waals surface area contributed by atoms with E-state index in [2.05, 4.69) is 23.8 Å². The Morgan fingerprint density at radius 1 is 1.21 bits per heavy atom. The topological polar surface area (TPSA) is 63.9 Å². The maximum atomic E-state index is 12.9. The number of rotatable bonds is 5. The normalized spacial score (nSPS) is 16.7. The Morgan fingerprint density at radius 2 is 2.11 bits per heavy atom. The van der Waals surface area contributed by atoms with E-state index in [1.165, 1.54) is 0 Å². The van der Waals surface area contributed by atoms with Crippen LogP contribution in [0.25, 0.3) is 5.82 Å². The molecule has 0 aromatic carbocycles. The van der Waals surface area contributed by atoms with Crippen molar-refractivity contribution in [2.45, 2.75) is 45.1 Å². The molecule has 0 radical (unpaired) electrons. The molecule has 1 aliphatic heterocycles. The van der Waals surface area contributed by atoms with Gasteiger partial charge in [-0.05, 0) is 36.6 Å². The standard InChI is InChI=1S/C22H25N5O/c1-16(2)22-24-11-13-27(22)20-9-3-7-18(25-20)19-8-5-12-26(19)21(28)14-17-6-4-10-23-15-17/h3-4,6-7,9-11,13,15-16,19H,5,8,12,14H2,1-2H3. The van der Waals surface area contributed by atoms with E-state index < -0.39 is 0 Å². The molecule has 4 heterocycles. The zero-order chi connectivity index (χ0) is 19.5. The maximum absolute atomic E-state index is 12.9. The van der Waals surface area contributed by atoms with Gasteiger partial charge in [0.1, 0.15) is 11.6 Å². The highest BCUT2D eigenvalue weighted by atomic mass is 16.2. The molecule has 28 heavy (non-hydrogen) atoms. The third-order valence-corrected chi connectivity index (χ3v) is 5.18. The summed E-state index contributed by atoms with van der Waals surface area (Å²) in [5.74, 6) is 2.28. The van der Waals surface area contributed by atoms with Gasteiger partial charge in [-0.1, -0.05) is 26.0 Å². The molecule has 4 rings (SSSR count). The summed E-state index contributed by atoms with van der Waals surface area (Å²) in [6.07, 6.45) is 9.55. The summed E-state index contributed by atoms with van der Waals surface area (Å²) >= 11 is 0. The van der Waals surface area contributed by atoms with Crippen LogP contribution in [0.4, 0.5) is 0 Å². The molecule has 1 aliphatic rings. The maximum Gasteiger partial charge on any atom is 0.227 e. The molecule has 6 nitrogen and oxygen atoms in total. The van der Waals surface area contributed by atoms with E-state index in [-0.39, 0.29) is 11.9 Å². The molecule has 3 aromatic rings. The van der Waals surface area contributed by atoms with Gasteiger partial charge in [0.05, 0.1) is 18.2 Å². The minimum atomic E-state index is 0.0233. The van der Waals surface area contributed by atoms with E-state index in [0.717, 1.165) is 42.3 Å². The molecule has 1 saturated heterocycles. The molecular weight excluding hydrogens is 350 g/mol. The van der Waals surface area contributed by atoms with Gasteiger partial charge in [-0.15, -0.1) is 0 Å². The van der Waals surface area contributed by atoms with Crippen LogP contribution in [0.1, 0.15) is 55.7 Å². The predicted molar refractivity (Wildman–Crippen MR) is 107 cm³/mol. The van der Waals surface area contributed by atoms with Gasteiger partial charge in [-0.2, -0.15) is 0 Å². The fourth-order valence-electron chi connectivity index (χ4n) is 3.85. The summed E-state index contributed by atoms with van der Waals surface area (Å²) in [7, 11) is 0. The SMILES string of the molecule is CC(C)c1nccn1-c1cccc(C2CCCN2C(=O)Cc2cccnc2)n1. The van der Waals surface area contributed by atoms with Gasteiger partial charge in [-0.25, -0.2) is 9.97 Å². The highest BCUT2D eigenvalue weighted by Crippen LogP contribution is 2.32. The van der Waals surface area contributed by atoms with Crippen molar-refractivity contribution in [1.82, 2.24) is 24.4 Å². The minimum Gasteiger partial charge on any atom is -0.334 e. The van der Waals surface area contributed by atoms with Gasteiger partial charge in [0.25, 0.3) is 0 Å². The monoisotopic (exact) mass is 375 g/mol. The van der Waals surface area contributed by atoms with Gasteiger partial charge in [0, 0.05) is 37.3 Å². The Hall–Kier alpha value is -3.02. The van der Waals surface area contributed by atoms with Gasteiger partial charge in [0.15, 0.2) is 0 Å². The number of aromatic nitrogens is 4. The van der Waals surface area contributed by atoms with Crippen LogP contribution in [0.5, 0.6) is 0 Å². The summed E-state index contributed by atoms with van der Waals surface area (Å²) in [5.41, 5.74) is 1.89. The molecule has 0 N–H and O–H groups in total. The average molecular weight is 375 g/mol. The number of amides is 1. The molecule has 1 unspecified atom stereocenters. The summed E-state index contributed by atoms with van der Waals surface area (Å²) in [6.45, 7) is 5.02. The van der Waals surface area contributed by atoms with Gasteiger partial charge >= 0.3 is 0 Å². The first-order chi connectivity index (χ1) is 13.6. The second-order valence-electron chi connectivity index (χ2n) is 7.51. The largest absolute Gasteiger partial charge is 0.334 e. The summed E-state index contributed by atoms with van der Waals surface area (Å²) in [6, 6.07) is 9.87. The Bertz CT molecular complexity index is 950. The van der Waals surface area contributed by atoms with Crippen LogP contribution in [0, 0.1) is 0 Å². The first-order valence-electron chi connectivity index (χ1n) is 9.82. The zero-order valence-corrected chi connectivity index (χ0v) is 16.3. The van der Waals surface area contributed by atoms with Crippen LogP contribution in [-0.4, -0.2) is 36.9 Å². The van der Waals surface area contributed by atoms with Crippen LogP contribution >= 0.6 is 0 Å². The Balaban J connectivity index is 1.58. The molecule has 0 spiro atoms. The van der Waals surface area contributed by atoms with E-state index in [0.29, 0.717) is 12.3 Å². The molecule has 144 valence electrons. The van der Waals surface area contributed by atoms with Crippen molar-refractivity contribution < 1.29 is 4.79 Å². The summed E-state index contributed by atoms with van der Waals surface area (Å²) < 4.78 is 2.03. The molecule has 6 heteroatoms. The fourth-order valence-corrected chi connectivity index (χ4v) is 3.85. The number of hydrogen-bond donors (Lipinski definition) is 0. The zero-order valence-electron chi connectivity index (χ0n) is 16.3. The number of carbonyl (C=O) groups excluding carboxylic acids is 1. The number of pyridine rings is 2. The van der Waals surface area contributed by atoms with Crippen molar-refractivity contribution in [2.24, 2.45) is 0 Å². The lowest BCUT2D eigenvalue weighted by atomic mass is 10.1. The van der Waals surface area contributed by atoms with E-state index in [9.17, 15) is 4.79 Å². The average Bonchev–Trinajstić information content (AvgIpc) is 3.39. The molecule has 3 aromatic heterocycles. The van der Waals surface area contributed by atoms with Crippen molar-refractivity contribution in [3.8, 4) is 5.82 Å². The van der Waals surface area contributed by atoms with Gasteiger partial charge in [0.2, 0.25) is 5.91 Å². The van der Waals surface area contributed by atoms with Crippen molar-refractivity contribution in [3.63, 3.8) is 0 Å². The summed E-state index contributed by atoms with van der Waals surface area (Å²) in [5, 5.41) is 0. The predicted octanol–water partition coefficient (Wildman–Crippen LogP) is 3.69. The highest BCUT2D eigenvalue weighted by molar-refractivity contribution is 5.79. The number of likely N-dealkylation sites (tertiary alicyclic amines) is 1. The van der Waals surface area contributed by atoms with Gasteiger partial charge in [-0.3, -0.25) is 14.3 Å². The van der Waals surface area contributed by atoms with Crippen molar-refractivity contribution in [2.75, 3.05) is 6.54 Å². The lowest BCUT2D eigenvalue weighted by Crippen LogP contribution is -2.32. The van der Waals surface area contributed by atoms with Crippen LogP contribution in [-0.2, 0) is 11.2 Å². The third-order valence-electron chi connectivity index (χ3n) is 5.18. The second kappa shape index (κ2) is 7.92. The van der Waals surface area contributed by atoms with Crippen LogP contribution in [0.3, 0.4) is 0 Å². The van der Waals surface area contributed by atoms with Crippen LogP contribution < -0.4 is 0 Å². The molecule has 0 aliphatic carbocycles. The van der Waals surface area contributed by atoms with E-state index in [4.69, 9.17) is 4.98 Å². The number of hydrogen-bond acceptors (Lipinski definition) is 4. The quantitative estimate of drug-likeness (QED) is 0.682. The molecule has 1 atom stereocenters. The fraction of sp³-hybridized carbons (Fsp3) is 0.364. The van der Waals surface area contributed by atoms with Crippen LogP contribution in [0.15, 0.2) is 55.1 Å². The second-order valence-corrected chi connectivity index (χ2v) is 7.51.